The molecule has 5 nitrogen and oxygen atoms in total. The first-order chi connectivity index (χ1) is 11.1. The monoisotopic (exact) mass is 312 g/mol. The van der Waals surface area contributed by atoms with Crippen LogP contribution in [0.25, 0.3) is 0 Å². The van der Waals surface area contributed by atoms with Crippen molar-refractivity contribution in [2.45, 2.75) is 26.9 Å². The van der Waals surface area contributed by atoms with E-state index in [1.165, 1.54) is 6.26 Å². The van der Waals surface area contributed by atoms with Gasteiger partial charge in [-0.2, -0.15) is 5.26 Å². The molecule has 0 bridgehead atoms. The third kappa shape index (κ3) is 3.61. The highest BCUT2D eigenvalue weighted by Crippen LogP contribution is 2.26. The lowest BCUT2D eigenvalue weighted by atomic mass is 10.1. The zero-order chi connectivity index (χ0) is 16.8. The summed E-state index contributed by atoms with van der Waals surface area (Å²) in [6, 6.07) is 9.60. The van der Waals surface area contributed by atoms with Crippen LogP contribution >= 0.6 is 0 Å². The molecule has 2 aromatic rings. The third-order valence-corrected chi connectivity index (χ3v) is 3.80. The molecule has 0 atom stereocenters. The molecular formula is C18H20N2O3. The van der Waals surface area contributed by atoms with E-state index in [2.05, 4.69) is 6.07 Å². The van der Waals surface area contributed by atoms with E-state index in [0.717, 1.165) is 16.8 Å². The first-order valence-electron chi connectivity index (χ1n) is 7.40. The van der Waals surface area contributed by atoms with Crippen LogP contribution in [0.15, 0.2) is 34.9 Å². The Labute approximate surface area is 136 Å². The van der Waals surface area contributed by atoms with E-state index in [1.54, 1.807) is 18.1 Å². The van der Waals surface area contributed by atoms with Crippen LogP contribution in [0.2, 0.25) is 0 Å². The number of hydrogen-bond acceptors (Lipinski definition) is 4. The molecule has 0 aliphatic rings. The quantitative estimate of drug-likeness (QED) is 0.817. The van der Waals surface area contributed by atoms with E-state index in [4.69, 9.17) is 14.4 Å². The number of carbonyl (C=O) groups excluding carboxylic acids is 1. The van der Waals surface area contributed by atoms with E-state index < -0.39 is 0 Å². The van der Waals surface area contributed by atoms with Crippen molar-refractivity contribution in [3.8, 4) is 6.07 Å². The smallest absolute Gasteiger partial charge is 0.294 e. The summed E-state index contributed by atoms with van der Waals surface area (Å²) in [5.41, 5.74) is 3.60. The maximum Gasteiger partial charge on any atom is 0.294 e. The predicted octanol–water partition coefficient (Wildman–Crippen LogP) is 3.60. The number of benzene rings is 1. The fourth-order valence-corrected chi connectivity index (χ4v) is 2.44. The number of methoxy groups -OCH3 is 1. The first-order valence-corrected chi connectivity index (χ1v) is 7.40. The van der Waals surface area contributed by atoms with E-state index in [0.29, 0.717) is 18.7 Å². The second kappa shape index (κ2) is 7.61. The second-order valence-corrected chi connectivity index (χ2v) is 5.29. The largest absolute Gasteiger partial charge is 0.459 e. The molecule has 0 aliphatic heterocycles. The van der Waals surface area contributed by atoms with Crippen LogP contribution in [-0.2, 0) is 11.3 Å². The Morgan fingerprint density at radius 2 is 2.13 bits per heavy atom. The van der Waals surface area contributed by atoms with Gasteiger partial charge in [-0.1, -0.05) is 12.1 Å². The summed E-state index contributed by atoms with van der Waals surface area (Å²) in [7, 11) is 1.57. The number of furan rings is 1. The Balaban J connectivity index is 2.42. The Morgan fingerprint density at radius 3 is 2.83 bits per heavy atom. The summed E-state index contributed by atoms with van der Waals surface area (Å²) in [4.78, 5) is 14.5. The summed E-state index contributed by atoms with van der Waals surface area (Å²) in [6.07, 6.45) is 1.73. The minimum Gasteiger partial charge on any atom is -0.459 e. The maximum atomic E-state index is 12.9. The molecule has 0 fully saturated rings. The molecule has 0 radical (unpaired) electrons. The van der Waals surface area contributed by atoms with Gasteiger partial charge in [0.1, 0.15) is 0 Å². The van der Waals surface area contributed by atoms with Gasteiger partial charge in [0.05, 0.1) is 25.4 Å². The van der Waals surface area contributed by atoms with Gasteiger partial charge in [-0.15, -0.1) is 0 Å². The molecule has 5 heteroatoms. The third-order valence-electron chi connectivity index (χ3n) is 3.80. The molecule has 1 amide bonds. The predicted molar refractivity (Wildman–Crippen MR) is 87.2 cm³/mol. The van der Waals surface area contributed by atoms with Crippen LogP contribution in [0.3, 0.4) is 0 Å². The zero-order valence-corrected chi connectivity index (χ0v) is 13.6. The van der Waals surface area contributed by atoms with Crippen molar-refractivity contribution in [1.29, 1.82) is 5.26 Å². The van der Waals surface area contributed by atoms with Gasteiger partial charge in [-0.05, 0) is 37.1 Å². The Kier molecular flexibility index (Phi) is 5.56. The lowest BCUT2D eigenvalue weighted by Crippen LogP contribution is -2.33. The number of hydrogen-bond donors (Lipinski definition) is 0. The molecular weight excluding hydrogens is 292 g/mol. The van der Waals surface area contributed by atoms with Crippen LogP contribution in [0.1, 0.15) is 33.7 Å². The summed E-state index contributed by atoms with van der Waals surface area (Å²) >= 11 is 0. The number of amides is 1. The highest BCUT2D eigenvalue weighted by atomic mass is 16.5. The van der Waals surface area contributed by atoms with Crippen LogP contribution in [0.4, 0.5) is 5.69 Å². The first kappa shape index (κ1) is 16.8. The van der Waals surface area contributed by atoms with Crippen molar-refractivity contribution in [2.75, 3.05) is 18.6 Å². The molecule has 23 heavy (non-hydrogen) atoms. The summed E-state index contributed by atoms with van der Waals surface area (Å²) < 4.78 is 10.5. The van der Waals surface area contributed by atoms with Crippen LogP contribution in [0.5, 0.6) is 0 Å². The van der Waals surface area contributed by atoms with Gasteiger partial charge in [0.2, 0.25) is 0 Å². The van der Waals surface area contributed by atoms with Gasteiger partial charge < -0.3 is 14.1 Å². The summed E-state index contributed by atoms with van der Waals surface area (Å²) in [5.74, 6) is -0.00306. The molecule has 120 valence electrons. The Morgan fingerprint density at radius 1 is 1.35 bits per heavy atom. The van der Waals surface area contributed by atoms with Gasteiger partial charge in [0, 0.05) is 24.9 Å². The molecule has 0 saturated carbocycles. The molecule has 1 heterocycles. The maximum absolute atomic E-state index is 12.9. The highest BCUT2D eigenvalue weighted by molar-refractivity contribution is 6.05. The van der Waals surface area contributed by atoms with Crippen LogP contribution in [0, 0.1) is 25.2 Å². The zero-order valence-electron chi connectivity index (χ0n) is 13.6. The van der Waals surface area contributed by atoms with Crippen molar-refractivity contribution in [3.63, 3.8) is 0 Å². The number of nitriles is 1. The summed E-state index contributed by atoms with van der Waals surface area (Å²) in [5, 5.41) is 8.91. The molecule has 0 saturated heterocycles. The van der Waals surface area contributed by atoms with Gasteiger partial charge >= 0.3 is 0 Å². The molecule has 2 rings (SSSR count). The lowest BCUT2D eigenvalue weighted by Gasteiger charge is -2.24. The van der Waals surface area contributed by atoms with Crippen molar-refractivity contribution in [3.05, 3.63) is 53.0 Å². The second-order valence-electron chi connectivity index (χ2n) is 5.29. The number of aryl methyl sites for hydroxylation is 1. The Hall–Kier alpha value is -2.58. The molecule has 0 aliphatic carbocycles. The molecule has 0 spiro atoms. The van der Waals surface area contributed by atoms with Gasteiger partial charge in [0.25, 0.3) is 5.91 Å². The average Bonchev–Trinajstić information content (AvgIpc) is 3.00. The van der Waals surface area contributed by atoms with Crippen molar-refractivity contribution < 1.29 is 13.9 Å². The van der Waals surface area contributed by atoms with Gasteiger partial charge in [-0.25, -0.2) is 0 Å². The average molecular weight is 312 g/mol. The number of nitrogens with zero attached hydrogens (tertiary/aromatic N) is 2. The number of anilines is 1. The standard InChI is InChI=1S/C18H20N2O3/c1-13-6-4-7-16(14(13)2)20(10-5-9-19)18(21)17-15(12-22-3)8-11-23-17/h4,6-8,11H,5,10,12H2,1-3H3. The van der Waals surface area contributed by atoms with E-state index in [9.17, 15) is 4.79 Å². The molecule has 1 aromatic carbocycles. The minimum atomic E-state index is -0.258. The number of ether oxygens (including phenoxy) is 1. The highest BCUT2D eigenvalue weighted by Gasteiger charge is 2.24. The fraction of sp³-hybridized carbons (Fsp3) is 0.333. The van der Waals surface area contributed by atoms with Crippen LogP contribution in [-0.4, -0.2) is 19.6 Å². The minimum absolute atomic E-state index is 0.249. The van der Waals surface area contributed by atoms with Crippen LogP contribution < -0.4 is 4.90 Å². The number of carbonyl (C=O) groups is 1. The fourth-order valence-electron chi connectivity index (χ4n) is 2.44. The van der Waals surface area contributed by atoms with Gasteiger partial charge in [0.15, 0.2) is 5.76 Å². The normalized spacial score (nSPS) is 10.3. The van der Waals surface area contributed by atoms with E-state index in [-0.39, 0.29) is 18.1 Å². The van der Waals surface area contributed by atoms with Gasteiger partial charge in [-0.3, -0.25) is 4.79 Å². The molecule has 0 unspecified atom stereocenters. The van der Waals surface area contributed by atoms with Crippen molar-refractivity contribution in [1.82, 2.24) is 0 Å². The van der Waals surface area contributed by atoms with Crippen molar-refractivity contribution >= 4 is 11.6 Å². The Bertz CT molecular complexity index is 728. The molecule has 1 aromatic heterocycles. The van der Waals surface area contributed by atoms with Crippen molar-refractivity contribution in [2.24, 2.45) is 0 Å². The lowest BCUT2D eigenvalue weighted by molar-refractivity contribution is 0.0954. The van der Waals surface area contributed by atoms with E-state index in [1.807, 2.05) is 32.0 Å². The molecule has 0 N–H and O–H groups in total. The SMILES string of the molecule is COCc1ccoc1C(=O)N(CCC#N)c1cccc(C)c1C. The number of rotatable bonds is 6. The van der Waals surface area contributed by atoms with E-state index >= 15 is 0 Å². The summed E-state index contributed by atoms with van der Waals surface area (Å²) in [6.45, 7) is 4.58. The topological polar surface area (TPSA) is 66.5 Å².